The van der Waals surface area contributed by atoms with Crippen LogP contribution in [0.15, 0.2) is 42.5 Å². The van der Waals surface area contributed by atoms with Crippen molar-refractivity contribution in [3.63, 3.8) is 0 Å². The molecule has 0 radical (unpaired) electrons. The summed E-state index contributed by atoms with van der Waals surface area (Å²) in [6.45, 7) is 2.11. The molecule has 1 aliphatic heterocycles. The van der Waals surface area contributed by atoms with E-state index in [-0.39, 0.29) is 0 Å². The first-order valence-electron chi connectivity index (χ1n) is 8.11. The zero-order valence-corrected chi connectivity index (χ0v) is 14.3. The van der Waals surface area contributed by atoms with Crippen molar-refractivity contribution in [2.75, 3.05) is 18.0 Å². The molecule has 4 rings (SSSR count). The van der Waals surface area contributed by atoms with Gasteiger partial charge < -0.3 is 9.64 Å². The summed E-state index contributed by atoms with van der Waals surface area (Å²) in [7, 11) is 0. The van der Waals surface area contributed by atoms with Gasteiger partial charge in [-0.15, -0.1) is 0 Å². The summed E-state index contributed by atoms with van der Waals surface area (Å²) in [5.74, 6) is 0.0617. The summed E-state index contributed by atoms with van der Waals surface area (Å²) in [4.78, 5) is 19.2. The van der Waals surface area contributed by atoms with E-state index in [0.717, 1.165) is 28.4 Å². The number of benzene rings is 2. The van der Waals surface area contributed by atoms with Gasteiger partial charge in [0.25, 0.3) is 0 Å². The molecule has 0 amide bonds. The van der Waals surface area contributed by atoms with Crippen LogP contribution in [0.2, 0.25) is 0 Å². The fourth-order valence-corrected chi connectivity index (χ4v) is 3.89. The minimum atomic E-state index is -0.437. The van der Waals surface area contributed by atoms with E-state index in [4.69, 9.17) is 10.00 Å². The molecule has 0 N–H and O–H groups in total. The van der Waals surface area contributed by atoms with Gasteiger partial charge in [0.05, 0.1) is 27.4 Å². The Balaban J connectivity index is 1.54. The Labute approximate surface area is 149 Å². The number of esters is 1. The number of fused-ring (bicyclic) bond motifs is 1. The maximum absolute atomic E-state index is 12.2. The van der Waals surface area contributed by atoms with Gasteiger partial charge in [-0.3, -0.25) is 0 Å². The van der Waals surface area contributed by atoms with Crippen molar-refractivity contribution in [1.82, 2.24) is 4.98 Å². The third-order valence-corrected chi connectivity index (χ3v) is 5.26. The van der Waals surface area contributed by atoms with Gasteiger partial charge in [-0.1, -0.05) is 11.3 Å². The van der Waals surface area contributed by atoms with Crippen LogP contribution < -0.4 is 9.64 Å². The van der Waals surface area contributed by atoms with E-state index < -0.39 is 5.97 Å². The van der Waals surface area contributed by atoms with E-state index >= 15 is 0 Å². The average molecular weight is 349 g/mol. The molecular weight excluding hydrogens is 334 g/mol. The summed E-state index contributed by atoms with van der Waals surface area (Å²) in [6.07, 6.45) is 2.42. The Morgan fingerprint density at radius 3 is 2.64 bits per heavy atom. The second-order valence-corrected chi connectivity index (χ2v) is 6.91. The molecule has 25 heavy (non-hydrogen) atoms. The van der Waals surface area contributed by atoms with Crippen LogP contribution in [-0.2, 0) is 0 Å². The fourth-order valence-electron chi connectivity index (χ4n) is 2.85. The Hall–Kier alpha value is -2.91. The van der Waals surface area contributed by atoms with Crippen LogP contribution in [0.5, 0.6) is 5.75 Å². The van der Waals surface area contributed by atoms with Crippen LogP contribution in [0.3, 0.4) is 0 Å². The number of carbonyl (C=O) groups is 1. The molecule has 0 spiro atoms. The summed E-state index contributed by atoms with van der Waals surface area (Å²) >= 11 is 1.62. The van der Waals surface area contributed by atoms with E-state index in [1.807, 2.05) is 18.2 Å². The summed E-state index contributed by atoms with van der Waals surface area (Å²) in [5.41, 5.74) is 1.85. The summed E-state index contributed by atoms with van der Waals surface area (Å²) in [5, 5.41) is 9.84. The van der Waals surface area contributed by atoms with Crippen LogP contribution >= 0.6 is 11.3 Å². The lowest BCUT2D eigenvalue weighted by Gasteiger charge is -2.11. The first-order chi connectivity index (χ1) is 12.2. The minimum absolute atomic E-state index is 0.418. The predicted molar refractivity (Wildman–Crippen MR) is 97.2 cm³/mol. The number of nitriles is 1. The van der Waals surface area contributed by atoms with E-state index in [2.05, 4.69) is 9.88 Å². The van der Waals surface area contributed by atoms with Gasteiger partial charge >= 0.3 is 5.97 Å². The number of ether oxygens (including phenoxy) is 1. The molecule has 1 aliphatic rings. The van der Waals surface area contributed by atoms with Crippen molar-refractivity contribution in [3.8, 4) is 11.8 Å². The Kier molecular flexibility index (Phi) is 4.08. The summed E-state index contributed by atoms with van der Waals surface area (Å²) in [6, 6.07) is 13.9. The molecule has 2 aromatic carbocycles. The highest BCUT2D eigenvalue weighted by Crippen LogP contribution is 2.33. The molecule has 2 heterocycles. The van der Waals surface area contributed by atoms with Gasteiger partial charge in [0, 0.05) is 19.2 Å². The van der Waals surface area contributed by atoms with Gasteiger partial charge in [0.15, 0.2) is 5.13 Å². The van der Waals surface area contributed by atoms with Crippen LogP contribution in [0, 0.1) is 11.3 Å². The molecule has 1 aromatic heterocycles. The second kappa shape index (κ2) is 6.54. The molecule has 0 aliphatic carbocycles. The van der Waals surface area contributed by atoms with E-state index in [9.17, 15) is 4.79 Å². The third kappa shape index (κ3) is 3.19. The van der Waals surface area contributed by atoms with Gasteiger partial charge in [0.1, 0.15) is 5.75 Å². The molecule has 0 saturated carbocycles. The van der Waals surface area contributed by atoms with Crippen LogP contribution in [0.1, 0.15) is 28.8 Å². The highest BCUT2D eigenvalue weighted by Gasteiger charge is 2.17. The second-order valence-electron chi connectivity index (χ2n) is 5.90. The monoisotopic (exact) mass is 349 g/mol. The topological polar surface area (TPSA) is 66.2 Å². The normalized spacial score (nSPS) is 13.8. The quantitative estimate of drug-likeness (QED) is 0.528. The standard InChI is InChI=1S/C19H15N3O2S/c20-12-13-3-5-14(6-4-13)18(23)24-15-7-8-16-17(11-15)25-19(21-16)22-9-1-2-10-22/h3-8,11H,1-2,9-10H2. The molecule has 5 nitrogen and oxygen atoms in total. The zero-order valence-electron chi connectivity index (χ0n) is 13.4. The van der Waals surface area contributed by atoms with E-state index in [1.54, 1.807) is 41.7 Å². The van der Waals surface area contributed by atoms with E-state index in [1.165, 1.54) is 12.8 Å². The number of carbonyl (C=O) groups excluding carboxylic acids is 1. The van der Waals surface area contributed by atoms with Crippen molar-refractivity contribution in [2.45, 2.75) is 12.8 Å². The first-order valence-corrected chi connectivity index (χ1v) is 8.92. The van der Waals surface area contributed by atoms with Crippen LogP contribution in [0.4, 0.5) is 5.13 Å². The SMILES string of the molecule is N#Cc1ccc(C(=O)Oc2ccc3nc(N4CCCC4)sc3c2)cc1. The highest BCUT2D eigenvalue weighted by atomic mass is 32.1. The molecule has 1 saturated heterocycles. The van der Waals surface area contributed by atoms with Crippen LogP contribution in [0.25, 0.3) is 10.2 Å². The number of nitrogens with zero attached hydrogens (tertiary/aromatic N) is 3. The number of anilines is 1. The van der Waals surface area contributed by atoms with Gasteiger partial charge in [0.2, 0.25) is 0 Å². The molecule has 6 heteroatoms. The van der Waals surface area contributed by atoms with Crippen molar-refractivity contribution in [3.05, 3.63) is 53.6 Å². The first kappa shape index (κ1) is 15.6. The number of hydrogen-bond donors (Lipinski definition) is 0. The molecule has 3 aromatic rings. The van der Waals surface area contributed by atoms with Crippen molar-refractivity contribution < 1.29 is 9.53 Å². The number of thiazole rings is 1. The predicted octanol–water partition coefficient (Wildman–Crippen LogP) is 3.99. The molecule has 124 valence electrons. The minimum Gasteiger partial charge on any atom is -0.423 e. The summed E-state index contributed by atoms with van der Waals surface area (Å²) < 4.78 is 6.47. The zero-order chi connectivity index (χ0) is 17.2. The Bertz CT molecular complexity index is 966. The van der Waals surface area contributed by atoms with Gasteiger partial charge in [-0.05, 0) is 49.2 Å². The largest absolute Gasteiger partial charge is 0.423 e. The lowest BCUT2D eigenvalue weighted by molar-refractivity contribution is 0.0735. The molecular formula is C19H15N3O2S. The Morgan fingerprint density at radius 1 is 1.16 bits per heavy atom. The molecule has 0 bridgehead atoms. The van der Waals surface area contributed by atoms with Crippen molar-refractivity contribution in [1.29, 1.82) is 5.26 Å². The molecule has 0 unspecified atom stereocenters. The smallest absolute Gasteiger partial charge is 0.343 e. The lowest BCUT2D eigenvalue weighted by Crippen LogP contribution is -2.16. The molecule has 1 fully saturated rings. The maximum atomic E-state index is 12.2. The number of hydrogen-bond acceptors (Lipinski definition) is 6. The van der Waals surface area contributed by atoms with Crippen LogP contribution in [-0.4, -0.2) is 24.0 Å². The third-order valence-electron chi connectivity index (χ3n) is 4.19. The average Bonchev–Trinajstić information content (AvgIpc) is 3.30. The lowest BCUT2D eigenvalue weighted by atomic mass is 10.1. The molecule has 0 atom stereocenters. The highest BCUT2D eigenvalue weighted by molar-refractivity contribution is 7.22. The number of aromatic nitrogens is 1. The van der Waals surface area contributed by atoms with Gasteiger partial charge in [-0.25, -0.2) is 9.78 Å². The van der Waals surface area contributed by atoms with Crippen molar-refractivity contribution >= 4 is 32.7 Å². The van der Waals surface area contributed by atoms with E-state index in [0.29, 0.717) is 16.9 Å². The fraction of sp³-hybridized carbons (Fsp3) is 0.211. The number of rotatable bonds is 3. The Morgan fingerprint density at radius 2 is 1.92 bits per heavy atom. The maximum Gasteiger partial charge on any atom is 0.343 e. The van der Waals surface area contributed by atoms with Crippen molar-refractivity contribution in [2.24, 2.45) is 0 Å². The van der Waals surface area contributed by atoms with Gasteiger partial charge in [-0.2, -0.15) is 5.26 Å².